The summed E-state index contributed by atoms with van der Waals surface area (Å²) in [5.74, 6) is 1.32. The van der Waals surface area contributed by atoms with E-state index < -0.39 is 0 Å². The second-order valence-corrected chi connectivity index (χ2v) is 4.77. The molecule has 0 unspecified atom stereocenters. The van der Waals surface area contributed by atoms with Gasteiger partial charge in [0, 0.05) is 4.47 Å². The Bertz CT molecular complexity index is 602. The number of nitriles is 1. The molecule has 2 aromatic carbocycles. The molecule has 0 saturated carbocycles. The number of ether oxygens (including phenoxy) is 1. The standard InChI is InChI=1S/C15H12BrNO/c1-2-11-4-3-5-14(8-11)18-15-9-13(16)7-6-12(15)10-17/h3-9H,2H2,1H3. The molecule has 3 heteroatoms. The van der Waals surface area contributed by atoms with Gasteiger partial charge < -0.3 is 4.74 Å². The van der Waals surface area contributed by atoms with Gasteiger partial charge in [0.2, 0.25) is 0 Å². The minimum atomic E-state index is 0.528. The fraction of sp³-hybridized carbons (Fsp3) is 0.133. The Kier molecular flexibility index (Phi) is 4.01. The van der Waals surface area contributed by atoms with Crippen LogP contribution >= 0.6 is 15.9 Å². The zero-order valence-corrected chi connectivity index (χ0v) is 11.6. The fourth-order valence-electron chi connectivity index (χ4n) is 1.63. The van der Waals surface area contributed by atoms with Crippen LogP contribution in [-0.2, 0) is 6.42 Å². The highest BCUT2D eigenvalue weighted by Gasteiger charge is 2.05. The molecule has 0 aliphatic carbocycles. The van der Waals surface area contributed by atoms with Crippen molar-refractivity contribution >= 4 is 15.9 Å². The van der Waals surface area contributed by atoms with Gasteiger partial charge in [-0.1, -0.05) is 35.0 Å². The highest BCUT2D eigenvalue weighted by Crippen LogP contribution is 2.28. The molecule has 90 valence electrons. The van der Waals surface area contributed by atoms with Crippen molar-refractivity contribution in [2.24, 2.45) is 0 Å². The Hall–Kier alpha value is -1.79. The van der Waals surface area contributed by atoms with Crippen LogP contribution in [0, 0.1) is 11.3 Å². The van der Waals surface area contributed by atoms with Crippen LogP contribution in [-0.4, -0.2) is 0 Å². The molecule has 0 N–H and O–H groups in total. The summed E-state index contributed by atoms with van der Waals surface area (Å²) in [5, 5.41) is 9.04. The lowest BCUT2D eigenvalue weighted by Gasteiger charge is -2.08. The highest BCUT2D eigenvalue weighted by atomic mass is 79.9. The monoisotopic (exact) mass is 301 g/mol. The van der Waals surface area contributed by atoms with Crippen LogP contribution < -0.4 is 4.74 Å². The molecule has 0 saturated heterocycles. The third kappa shape index (κ3) is 2.91. The van der Waals surface area contributed by atoms with Crippen molar-refractivity contribution in [3.63, 3.8) is 0 Å². The maximum Gasteiger partial charge on any atom is 0.146 e. The molecule has 0 bridgehead atoms. The minimum absolute atomic E-state index is 0.528. The van der Waals surface area contributed by atoms with Gasteiger partial charge in [0.05, 0.1) is 5.56 Å². The average Bonchev–Trinajstić information content (AvgIpc) is 2.39. The molecule has 0 aliphatic heterocycles. The van der Waals surface area contributed by atoms with Crippen LogP contribution in [0.25, 0.3) is 0 Å². The van der Waals surface area contributed by atoms with Gasteiger partial charge in [0.25, 0.3) is 0 Å². The van der Waals surface area contributed by atoms with E-state index in [-0.39, 0.29) is 0 Å². The first-order valence-electron chi connectivity index (χ1n) is 5.69. The zero-order chi connectivity index (χ0) is 13.0. The van der Waals surface area contributed by atoms with E-state index in [0.29, 0.717) is 11.3 Å². The first-order valence-corrected chi connectivity index (χ1v) is 6.48. The van der Waals surface area contributed by atoms with Crippen LogP contribution in [0.1, 0.15) is 18.1 Å². The number of aryl methyl sites for hydroxylation is 1. The predicted molar refractivity (Wildman–Crippen MR) is 74.8 cm³/mol. The molecule has 0 heterocycles. The van der Waals surface area contributed by atoms with Gasteiger partial charge in [-0.25, -0.2) is 0 Å². The number of halogens is 1. The molecule has 18 heavy (non-hydrogen) atoms. The fourth-order valence-corrected chi connectivity index (χ4v) is 1.97. The molecule has 0 amide bonds. The predicted octanol–water partition coefficient (Wildman–Crippen LogP) is 4.68. The second kappa shape index (κ2) is 5.70. The van der Waals surface area contributed by atoms with Gasteiger partial charge >= 0.3 is 0 Å². The lowest BCUT2D eigenvalue weighted by Crippen LogP contribution is -1.89. The summed E-state index contributed by atoms with van der Waals surface area (Å²) in [7, 11) is 0. The van der Waals surface area contributed by atoms with Gasteiger partial charge in [-0.15, -0.1) is 0 Å². The number of hydrogen-bond donors (Lipinski definition) is 0. The summed E-state index contributed by atoms with van der Waals surface area (Å²) >= 11 is 3.38. The summed E-state index contributed by atoms with van der Waals surface area (Å²) in [6.45, 7) is 2.10. The molecular formula is C15H12BrNO. The number of hydrogen-bond acceptors (Lipinski definition) is 2. The van der Waals surface area contributed by atoms with E-state index in [1.54, 1.807) is 12.1 Å². The topological polar surface area (TPSA) is 33.0 Å². The Morgan fingerprint density at radius 3 is 2.78 bits per heavy atom. The van der Waals surface area contributed by atoms with Gasteiger partial charge in [0.1, 0.15) is 17.6 Å². The summed E-state index contributed by atoms with van der Waals surface area (Å²) in [6.07, 6.45) is 0.959. The van der Waals surface area contributed by atoms with Crippen molar-refractivity contribution in [3.8, 4) is 17.6 Å². The van der Waals surface area contributed by atoms with Crippen molar-refractivity contribution in [2.75, 3.05) is 0 Å². The Morgan fingerprint density at radius 2 is 2.06 bits per heavy atom. The molecule has 0 atom stereocenters. The highest BCUT2D eigenvalue weighted by molar-refractivity contribution is 9.10. The van der Waals surface area contributed by atoms with Crippen LogP contribution in [0.4, 0.5) is 0 Å². The quantitative estimate of drug-likeness (QED) is 0.825. The smallest absolute Gasteiger partial charge is 0.146 e. The van der Waals surface area contributed by atoms with E-state index in [1.807, 2.05) is 24.3 Å². The zero-order valence-electron chi connectivity index (χ0n) is 9.98. The van der Waals surface area contributed by atoms with Crippen molar-refractivity contribution in [3.05, 3.63) is 58.1 Å². The molecule has 0 aliphatic rings. The Balaban J connectivity index is 2.33. The van der Waals surface area contributed by atoms with Crippen LogP contribution in [0.15, 0.2) is 46.9 Å². The minimum Gasteiger partial charge on any atom is -0.456 e. The molecule has 2 aromatic rings. The summed E-state index contributed by atoms with van der Waals surface area (Å²) in [6, 6.07) is 15.4. The summed E-state index contributed by atoms with van der Waals surface area (Å²) in [4.78, 5) is 0. The van der Waals surface area contributed by atoms with E-state index in [2.05, 4.69) is 35.0 Å². The Morgan fingerprint density at radius 1 is 1.22 bits per heavy atom. The van der Waals surface area contributed by atoms with Crippen molar-refractivity contribution in [1.29, 1.82) is 5.26 Å². The number of nitrogens with zero attached hydrogens (tertiary/aromatic N) is 1. The second-order valence-electron chi connectivity index (χ2n) is 3.86. The van der Waals surface area contributed by atoms with Gasteiger partial charge in [-0.05, 0) is 42.3 Å². The first-order chi connectivity index (χ1) is 8.72. The third-order valence-electron chi connectivity index (χ3n) is 2.60. The van der Waals surface area contributed by atoms with Crippen LogP contribution in [0.3, 0.4) is 0 Å². The molecule has 0 radical (unpaired) electrons. The van der Waals surface area contributed by atoms with E-state index in [0.717, 1.165) is 16.6 Å². The summed E-state index contributed by atoms with van der Waals surface area (Å²) in [5.41, 5.74) is 1.74. The van der Waals surface area contributed by atoms with Gasteiger partial charge in [-0.2, -0.15) is 5.26 Å². The molecule has 0 spiro atoms. The summed E-state index contributed by atoms with van der Waals surface area (Å²) < 4.78 is 6.66. The molecule has 2 nitrogen and oxygen atoms in total. The van der Waals surface area contributed by atoms with Crippen molar-refractivity contribution < 1.29 is 4.74 Å². The van der Waals surface area contributed by atoms with E-state index in [9.17, 15) is 0 Å². The molecular weight excluding hydrogens is 290 g/mol. The Labute approximate surface area is 115 Å². The first kappa shape index (κ1) is 12.7. The van der Waals surface area contributed by atoms with E-state index in [1.165, 1.54) is 5.56 Å². The average molecular weight is 302 g/mol. The number of benzene rings is 2. The van der Waals surface area contributed by atoms with E-state index >= 15 is 0 Å². The van der Waals surface area contributed by atoms with Gasteiger partial charge in [0.15, 0.2) is 0 Å². The molecule has 0 fully saturated rings. The van der Waals surface area contributed by atoms with Crippen molar-refractivity contribution in [2.45, 2.75) is 13.3 Å². The maximum atomic E-state index is 9.04. The normalized spacial score (nSPS) is 9.83. The maximum absolute atomic E-state index is 9.04. The van der Waals surface area contributed by atoms with Crippen LogP contribution in [0.2, 0.25) is 0 Å². The van der Waals surface area contributed by atoms with Gasteiger partial charge in [-0.3, -0.25) is 0 Å². The van der Waals surface area contributed by atoms with Crippen LogP contribution in [0.5, 0.6) is 11.5 Å². The largest absolute Gasteiger partial charge is 0.456 e. The lowest BCUT2D eigenvalue weighted by molar-refractivity contribution is 0.480. The van der Waals surface area contributed by atoms with E-state index in [4.69, 9.17) is 10.00 Å². The molecule has 0 aromatic heterocycles. The van der Waals surface area contributed by atoms with Crippen molar-refractivity contribution in [1.82, 2.24) is 0 Å². The third-order valence-corrected chi connectivity index (χ3v) is 3.09. The number of rotatable bonds is 3. The SMILES string of the molecule is CCc1cccc(Oc2cc(Br)ccc2C#N)c1. The molecule has 2 rings (SSSR count). The lowest BCUT2D eigenvalue weighted by atomic mass is 10.1.